The highest BCUT2D eigenvalue weighted by atomic mass is 19.4. The van der Waals surface area contributed by atoms with Gasteiger partial charge in [-0.2, -0.15) is 26.3 Å². The molecular weight excluding hydrogens is 310 g/mol. The third kappa shape index (κ3) is 2.81. The first-order valence-corrected chi connectivity index (χ1v) is 5.95. The van der Waals surface area contributed by atoms with Crippen molar-refractivity contribution in [1.82, 2.24) is 0 Å². The quantitative estimate of drug-likeness (QED) is 0.598. The lowest BCUT2D eigenvalue weighted by Crippen LogP contribution is -2.18. The van der Waals surface area contributed by atoms with Gasteiger partial charge in [0.2, 0.25) is 0 Å². The number of rotatable bonds is 1. The minimum atomic E-state index is -5.20. The molecule has 22 heavy (non-hydrogen) atoms. The Morgan fingerprint density at radius 1 is 0.682 bits per heavy atom. The van der Waals surface area contributed by atoms with Crippen molar-refractivity contribution in [2.24, 2.45) is 0 Å². The molecule has 0 atom stereocenters. The van der Waals surface area contributed by atoms with Gasteiger partial charge in [0.15, 0.2) is 0 Å². The van der Waals surface area contributed by atoms with Crippen molar-refractivity contribution < 1.29 is 26.3 Å². The van der Waals surface area contributed by atoms with Crippen LogP contribution in [0.3, 0.4) is 0 Å². The van der Waals surface area contributed by atoms with E-state index in [9.17, 15) is 26.3 Å². The number of nitrogens with two attached hydrogens (primary N) is 2. The fraction of sp³-hybridized carbons (Fsp3) is 0.143. The number of anilines is 2. The number of halogens is 6. The summed E-state index contributed by atoms with van der Waals surface area (Å²) in [7, 11) is 0. The van der Waals surface area contributed by atoms with E-state index in [4.69, 9.17) is 11.5 Å². The normalized spacial score (nSPS) is 12.5. The molecule has 0 bridgehead atoms. The number of hydrogen-bond acceptors (Lipinski definition) is 2. The van der Waals surface area contributed by atoms with Gasteiger partial charge < -0.3 is 11.5 Å². The second-order valence-corrected chi connectivity index (χ2v) is 4.53. The van der Waals surface area contributed by atoms with Gasteiger partial charge in [0, 0.05) is 5.56 Å². The van der Waals surface area contributed by atoms with Crippen LogP contribution in [0.15, 0.2) is 36.4 Å². The van der Waals surface area contributed by atoms with Crippen molar-refractivity contribution >= 4 is 11.4 Å². The van der Waals surface area contributed by atoms with E-state index < -0.39 is 29.0 Å². The molecule has 2 nitrogen and oxygen atoms in total. The van der Waals surface area contributed by atoms with Gasteiger partial charge in [-0.15, -0.1) is 0 Å². The average Bonchev–Trinajstić information content (AvgIpc) is 2.39. The van der Waals surface area contributed by atoms with Crippen LogP contribution in [0.5, 0.6) is 0 Å². The van der Waals surface area contributed by atoms with Crippen molar-refractivity contribution in [3.05, 3.63) is 47.5 Å². The van der Waals surface area contributed by atoms with E-state index in [0.717, 1.165) is 12.1 Å². The van der Waals surface area contributed by atoms with E-state index in [0.29, 0.717) is 6.07 Å². The second kappa shape index (κ2) is 5.11. The molecule has 0 saturated heterocycles. The van der Waals surface area contributed by atoms with Crippen molar-refractivity contribution in [2.75, 3.05) is 11.5 Å². The topological polar surface area (TPSA) is 52.0 Å². The Morgan fingerprint density at radius 2 is 1.23 bits per heavy atom. The van der Waals surface area contributed by atoms with E-state index in [-0.39, 0.29) is 16.9 Å². The molecule has 4 N–H and O–H groups in total. The molecule has 8 heteroatoms. The maximum Gasteiger partial charge on any atom is 0.417 e. The van der Waals surface area contributed by atoms with Crippen LogP contribution in [0.1, 0.15) is 11.1 Å². The summed E-state index contributed by atoms with van der Waals surface area (Å²) in [6.07, 6.45) is -10.3. The third-order valence-corrected chi connectivity index (χ3v) is 3.08. The Hall–Kier alpha value is -2.38. The molecule has 0 aliphatic heterocycles. The van der Waals surface area contributed by atoms with Gasteiger partial charge in [-0.3, -0.25) is 0 Å². The molecule has 0 amide bonds. The average molecular weight is 320 g/mol. The van der Waals surface area contributed by atoms with Gasteiger partial charge in [0.1, 0.15) is 0 Å². The van der Waals surface area contributed by atoms with Crippen molar-refractivity contribution in [1.29, 1.82) is 0 Å². The molecule has 0 saturated carbocycles. The third-order valence-electron chi connectivity index (χ3n) is 3.08. The van der Waals surface area contributed by atoms with Gasteiger partial charge in [-0.25, -0.2) is 0 Å². The summed E-state index contributed by atoms with van der Waals surface area (Å²) in [6.45, 7) is 0. The summed E-state index contributed by atoms with van der Waals surface area (Å²) in [4.78, 5) is 0. The van der Waals surface area contributed by atoms with Crippen LogP contribution in [-0.4, -0.2) is 0 Å². The summed E-state index contributed by atoms with van der Waals surface area (Å²) in [6, 6.07) is 6.08. The van der Waals surface area contributed by atoms with E-state index in [1.54, 1.807) is 0 Å². The molecule has 0 heterocycles. The molecule has 0 radical (unpaired) electrons. The van der Waals surface area contributed by atoms with Crippen molar-refractivity contribution in [3.8, 4) is 11.1 Å². The van der Waals surface area contributed by atoms with Crippen LogP contribution in [0, 0.1) is 0 Å². The van der Waals surface area contributed by atoms with Gasteiger partial charge in [0.05, 0.1) is 22.5 Å². The lowest BCUT2D eigenvalue weighted by molar-refractivity contribution is -0.161. The van der Waals surface area contributed by atoms with Gasteiger partial charge in [0.25, 0.3) is 0 Å². The smallest absolute Gasteiger partial charge is 0.397 e. The van der Waals surface area contributed by atoms with Gasteiger partial charge in [-0.1, -0.05) is 24.3 Å². The lowest BCUT2D eigenvalue weighted by Gasteiger charge is -2.20. The zero-order valence-corrected chi connectivity index (χ0v) is 10.9. The molecule has 2 aromatic rings. The fourth-order valence-corrected chi connectivity index (χ4v) is 2.14. The number of hydrogen-bond donors (Lipinski definition) is 2. The van der Waals surface area contributed by atoms with Crippen molar-refractivity contribution in [3.63, 3.8) is 0 Å². The maximum absolute atomic E-state index is 13.2. The largest absolute Gasteiger partial charge is 0.417 e. The minimum absolute atomic E-state index is 0.0111. The standard InChI is InChI=1S/C14H10F6N2/c15-13(16,17)9-5-1-3-7(11(9)14(18,19)20)8-4-2-6-10(21)12(8)22/h1-6H,21-22H2. The Labute approximate surface area is 121 Å². The van der Waals surface area contributed by atoms with Crippen LogP contribution in [0.2, 0.25) is 0 Å². The Bertz CT molecular complexity index is 703. The summed E-state index contributed by atoms with van der Waals surface area (Å²) < 4.78 is 78.3. The zero-order chi connectivity index (χ0) is 16.7. The molecule has 0 fully saturated rings. The van der Waals surface area contributed by atoms with Crippen LogP contribution < -0.4 is 11.5 Å². The highest BCUT2D eigenvalue weighted by Gasteiger charge is 2.45. The number of para-hydroxylation sites is 1. The second-order valence-electron chi connectivity index (χ2n) is 4.53. The predicted molar refractivity (Wildman–Crippen MR) is 70.7 cm³/mol. The molecular formula is C14H10F6N2. The summed E-state index contributed by atoms with van der Waals surface area (Å²) >= 11 is 0. The highest BCUT2D eigenvalue weighted by molar-refractivity contribution is 5.86. The molecule has 2 rings (SSSR count). The molecule has 0 aliphatic rings. The summed E-state index contributed by atoms with van der Waals surface area (Å²) in [5.74, 6) is 0. The van der Waals surface area contributed by atoms with Gasteiger partial charge in [-0.05, 0) is 17.7 Å². The molecule has 2 aromatic carbocycles. The van der Waals surface area contributed by atoms with E-state index in [1.807, 2.05) is 0 Å². The SMILES string of the molecule is Nc1cccc(-c2cccc(C(F)(F)F)c2C(F)(F)F)c1N. The number of alkyl halides is 6. The first-order chi connectivity index (χ1) is 10.0. The van der Waals surface area contributed by atoms with Crippen LogP contribution in [0.25, 0.3) is 11.1 Å². The molecule has 0 aromatic heterocycles. The summed E-state index contributed by atoms with van der Waals surface area (Å²) in [5.41, 5.74) is 6.51. The van der Waals surface area contributed by atoms with Gasteiger partial charge >= 0.3 is 12.4 Å². The maximum atomic E-state index is 13.2. The van der Waals surface area contributed by atoms with Crippen molar-refractivity contribution in [2.45, 2.75) is 12.4 Å². The predicted octanol–water partition coefficient (Wildman–Crippen LogP) is 4.56. The first-order valence-electron chi connectivity index (χ1n) is 5.95. The first kappa shape index (κ1) is 16.0. The lowest BCUT2D eigenvalue weighted by atomic mass is 9.93. The molecule has 0 aliphatic carbocycles. The monoisotopic (exact) mass is 320 g/mol. The Kier molecular flexibility index (Phi) is 3.72. The number of nitrogen functional groups attached to an aromatic ring is 2. The highest BCUT2D eigenvalue weighted by Crippen LogP contribution is 2.46. The Morgan fingerprint density at radius 3 is 1.77 bits per heavy atom. The minimum Gasteiger partial charge on any atom is -0.397 e. The van der Waals surface area contributed by atoms with Crippen LogP contribution in [-0.2, 0) is 12.4 Å². The molecule has 118 valence electrons. The zero-order valence-electron chi connectivity index (χ0n) is 10.9. The van der Waals surface area contributed by atoms with E-state index >= 15 is 0 Å². The Balaban J connectivity index is 2.86. The molecule has 0 spiro atoms. The summed E-state index contributed by atoms with van der Waals surface area (Å²) in [5, 5.41) is 0. The fourth-order valence-electron chi connectivity index (χ4n) is 2.14. The van der Waals surface area contributed by atoms with Crippen LogP contribution >= 0.6 is 0 Å². The number of benzene rings is 2. The van der Waals surface area contributed by atoms with E-state index in [1.165, 1.54) is 18.2 Å². The van der Waals surface area contributed by atoms with Crippen LogP contribution in [0.4, 0.5) is 37.7 Å². The van der Waals surface area contributed by atoms with E-state index in [2.05, 4.69) is 0 Å². The molecule has 0 unspecified atom stereocenters.